The molecule has 114 valence electrons. The fraction of sp³-hybridized carbons (Fsp3) is 0.692. The molecule has 3 rings (SSSR count). The molecule has 2 N–H and O–H groups in total. The molecule has 1 aromatic heterocycles. The minimum absolute atomic E-state index is 0.0459. The minimum Gasteiger partial charge on any atom is -0.374 e. The molecule has 8 nitrogen and oxygen atoms in total. The number of rotatable bonds is 2. The summed E-state index contributed by atoms with van der Waals surface area (Å²) in [5.41, 5.74) is 5.96. The van der Waals surface area contributed by atoms with E-state index in [0.29, 0.717) is 24.7 Å². The summed E-state index contributed by atoms with van der Waals surface area (Å²) in [4.78, 5) is 21.0. The number of hydrogen-bond acceptors (Lipinski definition) is 7. The number of anilines is 2. The lowest BCUT2D eigenvalue weighted by molar-refractivity contribution is -0.385. The fourth-order valence-corrected chi connectivity index (χ4v) is 3.35. The van der Waals surface area contributed by atoms with Crippen LogP contribution in [0.2, 0.25) is 0 Å². The quantitative estimate of drug-likeness (QED) is 0.649. The van der Waals surface area contributed by atoms with E-state index >= 15 is 0 Å². The van der Waals surface area contributed by atoms with Crippen molar-refractivity contribution in [3.8, 4) is 0 Å². The first-order valence-electron chi connectivity index (χ1n) is 7.24. The van der Waals surface area contributed by atoms with E-state index in [2.05, 4.69) is 9.97 Å². The van der Waals surface area contributed by atoms with Crippen molar-refractivity contribution in [1.29, 1.82) is 0 Å². The smallest absolute Gasteiger partial charge is 0.332 e. The van der Waals surface area contributed by atoms with Gasteiger partial charge in [0.05, 0.1) is 23.7 Å². The number of fused-ring (bicyclic) bond motifs is 1. The minimum atomic E-state index is -0.419. The van der Waals surface area contributed by atoms with Crippen LogP contribution in [-0.2, 0) is 4.74 Å². The van der Waals surface area contributed by atoms with Gasteiger partial charge in [0.25, 0.3) is 0 Å². The van der Waals surface area contributed by atoms with Crippen molar-refractivity contribution in [1.82, 2.24) is 9.97 Å². The van der Waals surface area contributed by atoms with Crippen LogP contribution < -0.4 is 10.6 Å². The number of nitrogens with two attached hydrogens (primary N) is 1. The van der Waals surface area contributed by atoms with Crippen molar-refractivity contribution in [2.75, 3.05) is 23.8 Å². The summed E-state index contributed by atoms with van der Waals surface area (Å²) < 4.78 is 5.81. The van der Waals surface area contributed by atoms with Crippen molar-refractivity contribution in [2.45, 2.75) is 44.8 Å². The second-order valence-corrected chi connectivity index (χ2v) is 5.55. The summed E-state index contributed by atoms with van der Waals surface area (Å²) in [5, 5.41) is 11.4. The highest BCUT2D eigenvalue weighted by atomic mass is 16.6. The molecular weight excluding hydrogens is 274 g/mol. The maximum Gasteiger partial charge on any atom is 0.332 e. The predicted octanol–water partition coefficient (Wildman–Crippen LogP) is 1.42. The van der Waals surface area contributed by atoms with Crippen LogP contribution in [-0.4, -0.2) is 40.2 Å². The van der Waals surface area contributed by atoms with Crippen molar-refractivity contribution in [2.24, 2.45) is 0 Å². The molecule has 2 heterocycles. The van der Waals surface area contributed by atoms with Gasteiger partial charge in [-0.1, -0.05) is 12.8 Å². The molecule has 2 atom stereocenters. The molecular formula is C13H19N5O3. The van der Waals surface area contributed by atoms with E-state index in [1.807, 2.05) is 4.90 Å². The van der Waals surface area contributed by atoms with Gasteiger partial charge in [0.15, 0.2) is 0 Å². The Balaban J connectivity index is 2.04. The van der Waals surface area contributed by atoms with Crippen molar-refractivity contribution in [3.63, 3.8) is 0 Å². The van der Waals surface area contributed by atoms with E-state index in [4.69, 9.17) is 10.5 Å². The Bertz CT molecular complexity index is 563. The molecule has 8 heteroatoms. The van der Waals surface area contributed by atoms with Crippen molar-refractivity contribution < 1.29 is 9.66 Å². The summed E-state index contributed by atoms with van der Waals surface area (Å²) in [7, 11) is 0. The van der Waals surface area contributed by atoms with Gasteiger partial charge in [-0.2, -0.15) is 4.98 Å². The zero-order chi connectivity index (χ0) is 15.0. The average Bonchev–Trinajstić information content (AvgIpc) is 2.45. The Labute approximate surface area is 122 Å². The normalized spacial score (nSPS) is 25.5. The van der Waals surface area contributed by atoms with E-state index in [0.717, 1.165) is 25.7 Å². The second-order valence-electron chi connectivity index (χ2n) is 5.55. The Morgan fingerprint density at radius 2 is 2.14 bits per heavy atom. The largest absolute Gasteiger partial charge is 0.374 e. The fourth-order valence-electron chi connectivity index (χ4n) is 3.35. The molecule has 0 radical (unpaired) electrons. The summed E-state index contributed by atoms with van der Waals surface area (Å²) >= 11 is 0. The third-order valence-electron chi connectivity index (χ3n) is 4.24. The number of nitrogens with zero attached hydrogens (tertiary/aromatic N) is 4. The first-order valence-corrected chi connectivity index (χ1v) is 7.24. The zero-order valence-corrected chi connectivity index (χ0v) is 12.0. The Hall–Kier alpha value is -1.96. The topological polar surface area (TPSA) is 107 Å². The maximum absolute atomic E-state index is 11.4. The first-order chi connectivity index (χ1) is 10.1. The van der Waals surface area contributed by atoms with Gasteiger partial charge in [-0.3, -0.25) is 10.1 Å². The average molecular weight is 293 g/mol. The monoisotopic (exact) mass is 293 g/mol. The van der Waals surface area contributed by atoms with Gasteiger partial charge < -0.3 is 15.4 Å². The standard InChI is InChI=1S/C13H19N5O3/c1-8-11(18(19)20)12(16-13(14)15-8)17-6-7-21-10-5-3-2-4-9(10)17/h9-10H,2-7H2,1H3,(H2,14,15,16). The number of ether oxygens (including phenoxy) is 1. The SMILES string of the molecule is Cc1nc(N)nc(N2CCOC3CCCCC32)c1[N+](=O)[O-]. The van der Waals surface area contributed by atoms with Crippen LogP contribution in [0.25, 0.3) is 0 Å². The van der Waals surface area contributed by atoms with E-state index in [1.54, 1.807) is 6.92 Å². The predicted molar refractivity (Wildman–Crippen MR) is 77.2 cm³/mol. The molecule has 1 aliphatic carbocycles. The van der Waals surface area contributed by atoms with Crippen LogP contribution in [0.5, 0.6) is 0 Å². The van der Waals surface area contributed by atoms with Gasteiger partial charge in [-0.05, 0) is 19.8 Å². The highest BCUT2D eigenvalue weighted by Gasteiger charge is 2.38. The van der Waals surface area contributed by atoms with E-state index in [9.17, 15) is 10.1 Å². The Kier molecular flexibility index (Phi) is 3.62. The molecule has 21 heavy (non-hydrogen) atoms. The Morgan fingerprint density at radius 1 is 1.38 bits per heavy atom. The third kappa shape index (κ3) is 2.51. The molecule has 2 unspecified atom stereocenters. The molecule has 0 amide bonds. The highest BCUT2D eigenvalue weighted by Crippen LogP contribution is 2.36. The molecule has 2 aliphatic rings. The maximum atomic E-state index is 11.4. The zero-order valence-electron chi connectivity index (χ0n) is 12.0. The highest BCUT2D eigenvalue weighted by molar-refractivity contribution is 5.63. The van der Waals surface area contributed by atoms with E-state index < -0.39 is 4.92 Å². The van der Waals surface area contributed by atoms with Crippen molar-refractivity contribution >= 4 is 17.5 Å². The number of morpholine rings is 1. The lowest BCUT2D eigenvalue weighted by atomic mass is 9.90. The molecule has 0 aromatic carbocycles. The van der Waals surface area contributed by atoms with Crippen molar-refractivity contribution in [3.05, 3.63) is 15.8 Å². The summed E-state index contributed by atoms with van der Waals surface area (Å²) in [6, 6.07) is 0.139. The number of nitrogen functional groups attached to an aromatic ring is 1. The van der Waals surface area contributed by atoms with Crippen LogP contribution in [0.4, 0.5) is 17.5 Å². The second kappa shape index (κ2) is 5.44. The van der Waals surface area contributed by atoms with Crippen LogP contribution in [0.1, 0.15) is 31.4 Å². The van der Waals surface area contributed by atoms with Crippen LogP contribution in [0, 0.1) is 17.0 Å². The van der Waals surface area contributed by atoms with Gasteiger partial charge in [0.1, 0.15) is 5.69 Å². The van der Waals surface area contributed by atoms with Gasteiger partial charge in [-0.15, -0.1) is 0 Å². The lowest BCUT2D eigenvalue weighted by Crippen LogP contribution is -2.53. The molecule has 0 spiro atoms. The molecule has 1 saturated heterocycles. The third-order valence-corrected chi connectivity index (χ3v) is 4.24. The van der Waals surface area contributed by atoms with Crippen LogP contribution in [0.15, 0.2) is 0 Å². The molecule has 1 saturated carbocycles. The Morgan fingerprint density at radius 3 is 2.90 bits per heavy atom. The first kappa shape index (κ1) is 14.0. The number of aryl methyl sites for hydroxylation is 1. The molecule has 1 aromatic rings. The van der Waals surface area contributed by atoms with Gasteiger partial charge in [-0.25, -0.2) is 4.98 Å². The summed E-state index contributed by atoms with van der Waals surface area (Å²) in [6.45, 7) is 2.75. The number of nitro groups is 1. The number of aromatic nitrogens is 2. The van der Waals surface area contributed by atoms with E-state index in [-0.39, 0.29) is 23.8 Å². The summed E-state index contributed by atoms with van der Waals surface area (Å²) in [6.07, 6.45) is 4.33. The van der Waals surface area contributed by atoms with Crippen LogP contribution >= 0.6 is 0 Å². The molecule has 1 aliphatic heterocycles. The number of hydrogen-bond donors (Lipinski definition) is 1. The van der Waals surface area contributed by atoms with Gasteiger partial charge in [0.2, 0.25) is 11.8 Å². The lowest BCUT2D eigenvalue weighted by Gasteiger charge is -2.44. The van der Waals surface area contributed by atoms with E-state index in [1.165, 1.54) is 0 Å². The van der Waals surface area contributed by atoms with Gasteiger partial charge in [0, 0.05) is 6.54 Å². The van der Waals surface area contributed by atoms with Crippen LogP contribution in [0.3, 0.4) is 0 Å². The van der Waals surface area contributed by atoms with Gasteiger partial charge >= 0.3 is 5.69 Å². The molecule has 2 fully saturated rings. The summed E-state index contributed by atoms with van der Waals surface area (Å²) in [5.74, 6) is 0.414. The molecule has 0 bridgehead atoms.